The van der Waals surface area contributed by atoms with Crippen LogP contribution in [0.3, 0.4) is 0 Å². The molecule has 10 heteroatoms. The van der Waals surface area contributed by atoms with Crippen LogP contribution in [0.5, 0.6) is 5.75 Å². The second-order valence-electron chi connectivity index (χ2n) is 7.07. The number of hydrogen-bond acceptors (Lipinski definition) is 6. The summed E-state index contributed by atoms with van der Waals surface area (Å²) in [6.07, 6.45) is 5.70. The van der Waals surface area contributed by atoms with Crippen LogP contribution in [0.4, 0.5) is 10.5 Å². The summed E-state index contributed by atoms with van der Waals surface area (Å²) in [4.78, 5) is 19.1. The molecule has 1 aliphatic heterocycles. The Morgan fingerprint density at radius 2 is 2.17 bits per heavy atom. The molecule has 152 valence electrons. The number of benzene rings is 1. The maximum Gasteiger partial charge on any atom is 0.322 e. The summed E-state index contributed by atoms with van der Waals surface area (Å²) in [5.41, 5.74) is 1.32. The number of tetrazole rings is 1. The summed E-state index contributed by atoms with van der Waals surface area (Å²) in [6.45, 7) is 5.26. The molecule has 1 aliphatic rings. The smallest absolute Gasteiger partial charge is 0.322 e. The van der Waals surface area contributed by atoms with E-state index in [0.717, 1.165) is 31.8 Å². The molecule has 0 bridgehead atoms. The quantitative estimate of drug-likeness (QED) is 0.709. The molecule has 4 rings (SSSR count). The normalized spacial score (nSPS) is 16.2. The number of carbonyl (C=O) groups excluding carboxylic acids is 1. The number of ether oxygens (including phenoxy) is 1. The summed E-state index contributed by atoms with van der Waals surface area (Å²) in [7, 11) is 1.59. The summed E-state index contributed by atoms with van der Waals surface area (Å²) in [6, 6.07) is 5.44. The minimum Gasteiger partial charge on any atom is -0.494 e. The van der Waals surface area contributed by atoms with E-state index >= 15 is 0 Å². The first-order chi connectivity index (χ1) is 14.1. The van der Waals surface area contributed by atoms with E-state index < -0.39 is 0 Å². The van der Waals surface area contributed by atoms with Crippen LogP contribution >= 0.6 is 0 Å². The lowest BCUT2D eigenvalue weighted by molar-refractivity contribution is 0.201. The third-order valence-corrected chi connectivity index (χ3v) is 5.25. The summed E-state index contributed by atoms with van der Waals surface area (Å²) in [5, 5.41) is 14.6. The summed E-state index contributed by atoms with van der Waals surface area (Å²) >= 11 is 0. The van der Waals surface area contributed by atoms with Gasteiger partial charge in [-0.3, -0.25) is 0 Å². The van der Waals surface area contributed by atoms with Gasteiger partial charge in [0.1, 0.15) is 17.3 Å². The topological polar surface area (TPSA) is 103 Å². The van der Waals surface area contributed by atoms with Crippen molar-refractivity contribution in [2.45, 2.75) is 39.3 Å². The third kappa shape index (κ3) is 3.78. The van der Waals surface area contributed by atoms with Gasteiger partial charge in [0.25, 0.3) is 0 Å². The van der Waals surface area contributed by atoms with Crippen LogP contribution in [0, 0.1) is 13.8 Å². The number of hydrogen-bond donors (Lipinski definition) is 1. The van der Waals surface area contributed by atoms with Crippen LogP contribution in [-0.2, 0) is 6.54 Å². The minimum absolute atomic E-state index is 0.116. The average Bonchev–Trinajstić information content (AvgIpc) is 3.44. The van der Waals surface area contributed by atoms with Gasteiger partial charge in [-0.25, -0.2) is 9.78 Å². The number of rotatable bonds is 5. The average molecular weight is 396 g/mol. The highest BCUT2D eigenvalue weighted by atomic mass is 16.5. The van der Waals surface area contributed by atoms with E-state index in [-0.39, 0.29) is 12.1 Å². The van der Waals surface area contributed by atoms with Gasteiger partial charge >= 0.3 is 6.03 Å². The van der Waals surface area contributed by atoms with E-state index in [9.17, 15) is 4.79 Å². The lowest BCUT2D eigenvalue weighted by Crippen LogP contribution is -2.40. The molecule has 0 radical (unpaired) electrons. The number of carbonyl (C=O) groups is 1. The van der Waals surface area contributed by atoms with Crippen molar-refractivity contribution in [1.82, 2.24) is 34.7 Å². The van der Waals surface area contributed by atoms with E-state index in [1.165, 1.54) is 0 Å². The van der Waals surface area contributed by atoms with Crippen molar-refractivity contribution in [2.24, 2.45) is 0 Å². The molecular weight excluding hydrogens is 372 g/mol. The fourth-order valence-corrected chi connectivity index (χ4v) is 3.70. The SMILES string of the molecule is COc1ccc(NC(=O)N2CCCC2Cn2ccnc2C)cc1-n1nnnc1C. The number of amides is 2. The largest absolute Gasteiger partial charge is 0.494 e. The van der Waals surface area contributed by atoms with Gasteiger partial charge in [-0.15, -0.1) is 5.10 Å². The van der Waals surface area contributed by atoms with Crippen LogP contribution in [0.25, 0.3) is 5.69 Å². The van der Waals surface area contributed by atoms with Crippen LogP contribution in [0.1, 0.15) is 24.5 Å². The van der Waals surface area contributed by atoms with Crippen molar-refractivity contribution < 1.29 is 9.53 Å². The van der Waals surface area contributed by atoms with Gasteiger partial charge in [0, 0.05) is 31.2 Å². The lowest BCUT2D eigenvalue weighted by Gasteiger charge is -2.26. The molecule has 3 aromatic rings. The van der Waals surface area contributed by atoms with Crippen LogP contribution in [0.15, 0.2) is 30.6 Å². The van der Waals surface area contributed by atoms with Crippen molar-refractivity contribution >= 4 is 11.7 Å². The maximum absolute atomic E-state index is 13.0. The Labute approximate surface area is 168 Å². The standard InChI is InChI=1S/C19H24N8O2/c1-13-20-8-10-25(13)12-16-5-4-9-26(16)19(28)21-15-6-7-18(29-3)17(11-15)27-14(2)22-23-24-27/h6-8,10-11,16H,4-5,9,12H2,1-3H3,(H,21,28). The molecule has 29 heavy (non-hydrogen) atoms. The van der Waals surface area contributed by atoms with Gasteiger partial charge in [-0.1, -0.05) is 0 Å². The van der Waals surface area contributed by atoms with Crippen molar-refractivity contribution in [3.05, 3.63) is 42.2 Å². The van der Waals surface area contributed by atoms with E-state index in [1.807, 2.05) is 30.2 Å². The zero-order valence-electron chi connectivity index (χ0n) is 16.7. The van der Waals surface area contributed by atoms with Crippen molar-refractivity contribution in [3.63, 3.8) is 0 Å². The van der Waals surface area contributed by atoms with E-state index in [0.29, 0.717) is 22.9 Å². The predicted octanol–water partition coefficient (Wildman–Crippen LogP) is 2.18. The highest BCUT2D eigenvalue weighted by Gasteiger charge is 2.29. The summed E-state index contributed by atoms with van der Waals surface area (Å²) < 4.78 is 9.09. The van der Waals surface area contributed by atoms with Crippen LogP contribution in [0.2, 0.25) is 0 Å². The zero-order chi connectivity index (χ0) is 20.4. The number of nitrogens with one attached hydrogen (secondary N) is 1. The van der Waals surface area contributed by atoms with Gasteiger partial charge in [0.2, 0.25) is 0 Å². The number of imidazole rings is 1. The molecule has 0 saturated carbocycles. The number of nitrogens with zero attached hydrogens (tertiary/aromatic N) is 7. The van der Waals surface area contributed by atoms with Crippen molar-refractivity contribution in [2.75, 3.05) is 19.0 Å². The number of urea groups is 1. The van der Waals surface area contributed by atoms with Crippen LogP contribution < -0.4 is 10.1 Å². The highest BCUT2D eigenvalue weighted by Crippen LogP contribution is 2.27. The second-order valence-corrected chi connectivity index (χ2v) is 7.07. The molecule has 2 amide bonds. The Kier molecular flexibility index (Phi) is 5.15. The predicted molar refractivity (Wildman–Crippen MR) is 106 cm³/mol. The first-order valence-corrected chi connectivity index (χ1v) is 9.55. The van der Waals surface area contributed by atoms with Gasteiger partial charge in [0.05, 0.1) is 13.2 Å². The molecule has 3 heterocycles. The molecule has 1 unspecified atom stereocenters. The molecule has 1 fully saturated rings. The Balaban J connectivity index is 1.52. The molecule has 10 nitrogen and oxygen atoms in total. The van der Waals surface area contributed by atoms with Gasteiger partial charge in [0.15, 0.2) is 5.82 Å². The first-order valence-electron chi connectivity index (χ1n) is 9.55. The molecule has 1 aromatic carbocycles. The molecular formula is C19H24N8O2. The van der Waals surface area contributed by atoms with E-state index in [1.54, 1.807) is 31.0 Å². The molecule has 2 aromatic heterocycles. The van der Waals surface area contributed by atoms with Crippen molar-refractivity contribution in [1.29, 1.82) is 0 Å². The first kappa shape index (κ1) is 18.9. The molecule has 0 spiro atoms. The second kappa shape index (κ2) is 7.90. The third-order valence-electron chi connectivity index (χ3n) is 5.25. The van der Waals surface area contributed by atoms with E-state index in [4.69, 9.17) is 4.74 Å². The number of aryl methyl sites for hydroxylation is 2. The lowest BCUT2D eigenvalue weighted by atomic mass is 10.2. The fourth-order valence-electron chi connectivity index (χ4n) is 3.70. The van der Waals surface area contributed by atoms with Gasteiger partial charge in [-0.2, -0.15) is 4.68 Å². The van der Waals surface area contributed by atoms with Gasteiger partial charge < -0.3 is 19.5 Å². The Morgan fingerprint density at radius 1 is 1.31 bits per heavy atom. The minimum atomic E-state index is -0.116. The summed E-state index contributed by atoms with van der Waals surface area (Å²) in [5.74, 6) is 2.20. The highest BCUT2D eigenvalue weighted by molar-refractivity contribution is 5.90. The molecule has 0 aliphatic carbocycles. The van der Waals surface area contributed by atoms with E-state index in [2.05, 4.69) is 30.4 Å². The monoisotopic (exact) mass is 396 g/mol. The maximum atomic E-state index is 13.0. The van der Waals surface area contributed by atoms with Gasteiger partial charge in [-0.05, 0) is 55.3 Å². The molecule has 1 saturated heterocycles. The Hall–Kier alpha value is -3.43. The zero-order valence-corrected chi connectivity index (χ0v) is 16.7. The van der Waals surface area contributed by atoms with Crippen LogP contribution in [-0.4, -0.2) is 60.4 Å². The number of aromatic nitrogens is 6. The number of likely N-dealkylation sites (tertiary alicyclic amines) is 1. The Morgan fingerprint density at radius 3 is 2.86 bits per heavy atom. The number of methoxy groups -OCH3 is 1. The van der Waals surface area contributed by atoms with Crippen molar-refractivity contribution in [3.8, 4) is 11.4 Å². The molecule has 1 N–H and O–H groups in total. The molecule has 1 atom stereocenters. The fraction of sp³-hybridized carbons (Fsp3) is 0.421. The number of anilines is 1. The Bertz CT molecular complexity index is 1010.